The van der Waals surface area contributed by atoms with E-state index in [1.165, 1.54) is 12.6 Å². The zero-order chi connectivity index (χ0) is 19.9. The molecule has 2 atom stereocenters. The molecule has 0 aromatic carbocycles. The lowest BCUT2D eigenvalue weighted by Crippen LogP contribution is -2.42. The molecular weight excluding hydrogens is 362 g/mol. The number of carbonyl (C=O) groups excluding carboxylic acids is 2. The molecule has 0 unspecified atom stereocenters. The van der Waals surface area contributed by atoms with Crippen molar-refractivity contribution in [3.05, 3.63) is 30.5 Å². The first-order valence-corrected chi connectivity index (χ1v) is 9.60. The number of hydrogen-bond acceptors (Lipinski definition) is 7. The lowest BCUT2D eigenvalue weighted by molar-refractivity contribution is -0.122. The van der Waals surface area contributed by atoms with Crippen molar-refractivity contribution in [2.75, 3.05) is 13.6 Å². The van der Waals surface area contributed by atoms with Crippen LogP contribution in [0.1, 0.15) is 49.0 Å². The van der Waals surface area contributed by atoms with Gasteiger partial charge in [-0.15, -0.1) is 10.2 Å². The van der Waals surface area contributed by atoms with Crippen molar-refractivity contribution >= 4 is 11.8 Å². The SMILES string of the molecule is CCCn1cnnc1CNC(=O)C[C@H]1CC[C@@H](CNC(=O)c2cnco2)N1C. The van der Waals surface area contributed by atoms with Crippen molar-refractivity contribution < 1.29 is 14.0 Å². The second-order valence-electron chi connectivity index (χ2n) is 7.05. The minimum absolute atomic E-state index is 0.00533. The van der Waals surface area contributed by atoms with Crippen LogP contribution in [-0.4, -0.2) is 62.1 Å². The van der Waals surface area contributed by atoms with Crippen LogP contribution in [0.5, 0.6) is 0 Å². The van der Waals surface area contributed by atoms with Gasteiger partial charge in [-0.1, -0.05) is 6.92 Å². The Hall–Kier alpha value is -2.75. The van der Waals surface area contributed by atoms with E-state index in [4.69, 9.17) is 4.42 Å². The highest BCUT2D eigenvalue weighted by molar-refractivity contribution is 5.91. The molecule has 3 rings (SSSR count). The number of amides is 2. The van der Waals surface area contributed by atoms with Crippen molar-refractivity contribution in [1.82, 2.24) is 35.3 Å². The average molecular weight is 389 g/mol. The van der Waals surface area contributed by atoms with Crippen LogP contribution >= 0.6 is 0 Å². The van der Waals surface area contributed by atoms with Crippen LogP contribution < -0.4 is 10.6 Å². The Morgan fingerprint density at radius 3 is 2.86 bits per heavy atom. The van der Waals surface area contributed by atoms with Crippen LogP contribution in [0.2, 0.25) is 0 Å². The molecule has 0 radical (unpaired) electrons. The molecule has 0 bridgehead atoms. The predicted molar refractivity (Wildman–Crippen MR) is 100 cm³/mol. The molecule has 1 saturated heterocycles. The lowest BCUT2D eigenvalue weighted by atomic mass is 10.1. The first kappa shape index (κ1) is 20.0. The smallest absolute Gasteiger partial charge is 0.288 e. The van der Waals surface area contributed by atoms with E-state index in [0.717, 1.165) is 31.6 Å². The molecule has 1 aliphatic rings. The molecule has 2 N–H and O–H groups in total. The van der Waals surface area contributed by atoms with Crippen LogP contribution in [0.4, 0.5) is 0 Å². The topological polar surface area (TPSA) is 118 Å². The fourth-order valence-corrected chi connectivity index (χ4v) is 3.52. The standard InChI is InChI=1S/C18H27N7O3/c1-3-6-25-11-22-23-16(25)10-20-17(26)7-13-4-5-14(24(13)2)8-21-18(27)15-9-19-12-28-15/h9,11-14H,3-8,10H2,1-2H3,(H,20,26)(H,21,27)/t13-,14+/m1/s1. The van der Waals surface area contributed by atoms with Gasteiger partial charge in [-0.05, 0) is 26.3 Å². The van der Waals surface area contributed by atoms with E-state index in [9.17, 15) is 9.59 Å². The minimum Gasteiger partial charge on any atom is -0.438 e. The van der Waals surface area contributed by atoms with E-state index < -0.39 is 0 Å². The maximum absolute atomic E-state index is 12.4. The molecule has 2 amide bonds. The summed E-state index contributed by atoms with van der Waals surface area (Å²) in [6, 6.07) is 0.345. The largest absolute Gasteiger partial charge is 0.438 e. The van der Waals surface area contributed by atoms with Crippen molar-refractivity contribution in [3.8, 4) is 0 Å². The van der Waals surface area contributed by atoms with Crippen molar-refractivity contribution in [2.45, 2.75) is 57.8 Å². The summed E-state index contributed by atoms with van der Waals surface area (Å²) < 4.78 is 6.94. The summed E-state index contributed by atoms with van der Waals surface area (Å²) in [5.41, 5.74) is 0. The number of nitrogens with zero attached hydrogens (tertiary/aromatic N) is 5. The maximum atomic E-state index is 12.4. The van der Waals surface area contributed by atoms with Gasteiger partial charge in [-0.2, -0.15) is 0 Å². The van der Waals surface area contributed by atoms with E-state index in [2.05, 4.69) is 37.6 Å². The number of hydrogen-bond donors (Lipinski definition) is 2. The summed E-state index contributed by atoms with van der Waals surface area (Å²) in [5.74, 6) is 0.688. The molecule has 10 nitrogen and oxygen atoms in total. The number of aryl methyl sites for hydroxylation is 1. The highest BCUT2D eigenvalue weighted by Crippen LogP contribution is 2.24. The van der Waals surface area contributed by atoms with Gasteiger partial charge in [0, 0.05) is 31.6 Å². The second kappa shape index (κ2) is 9.45. The third-order valence-corrected chi connectivity index (χ3v) is 5.16. The Morgan fingerprint density at radius 1 is 1.29 bits per heavy atom. The van der Waals surface area contributed by atoms with Crippen LogP contribution in [0.3, 0.4) is 0 Å². The summed E-state index contributed by atoms with van der Waals surface area (Å²) in [4.78, 5) is 30.2. The summed E-state index contributed by atoms with van der Waals surface area (Å²) in [6.07, 6.45) is 7.56. The van der Waals surface area contributed by atoms with Gasteiger partial charge < -0.3 is 19.6 Å². The first-order chi connectivity index (χ1) is 13.6. The van der Waals surface area contributed by atoms with Gasteiger partial charge in [-0.25, -0.2) is 4.98 Å². The van der Waals surface area contributed by atoms with Crippen molar-refractivity contribution in [1.29, 1.82) is 0 Å². The van der Waals surface area contributed by atoms with Gasteiger partial charge in [0.1, 0.15) is 6.33 Å². The normalized spacial score (nSPS) is 19.6. The summed E-state index contributed by atoms with van der Waals surface area (Å²) in [7, 11) is 1.99. The molecule has 10 heteroatoms. The maximum Gasteiger partial charge on any atom is 0.288 e. The highest BCUT2D eigenvalue weighted by atomic mass is 16.3. The Labute approximate surface area is 163 Å². The molecule has 1 aliphatic heterocycles. The Morgan fingerprint density at radius 2 is 2.11 bits per heavy atom. The number of carbonyl (C=O) groups is 2. The van der Waals surface area contributed by atoms with Crippen LogP contribution in [0.25, 0.3) is 0 Å². The molecule has 152 valence electrons. The molecule has 0 spiro atoms. The fraction of sp³-hybridized carbons (Fsp3) is 0.611. The molecule has 2 aromatic rings. The van der Waals surface area contributed by atoms with E-state index >= 15 is 0 Å². The van der Waals surface area contributed by atoms with E-state index in [1.807, 2.05) is 11.6 Å². The van der Waals surface area contributed by atoms with Crippen LogP contribution in [-0.2, 0) is 17.9 Å². The molecule has 3 heterocycles. The van der Waals surface area contributed by atoms with E-state index in [1.54, 1.807) is 6.33 Å². The molecule has 0 aliphatic carbocycles. The highest BCUT2D eigenvalue weighted by Gasteiger charge is 2.32. The van der Waals surface area contributed by atoms with E-state index in [0.29, 0.717) is 19.5 Å². The fourth-order valence-electron chi connectivity index (χ4n) is 3.52. The lowest BCUT2D eigenvalue weighted by Gasteiger charge is -2.25. The van der Waals surface area contributed by atoms with Gasteiger partial charge in [-0.3, -0.25) is 14.5 Å². The summed E-state index contributed by atoms with van der Waals surface area (Å²) in [6.45, 7) is 3.81. The summed E-state index contributed by atoms with van der Waals surface area (Å²) in [5, 5.41) is 13.8. The quantitative estimate of drug-likeness (QED) is 0.644. The zero-order valence-electron chi connectivity index (χ0n) is 16.3. The minimum atomic E-state index is -0.275. The Balaban J connectivity index is 1.41. The average Bonchev–Trinajstić information content (AvgIpc) is 3.42. The monoisotopic (exact) mass is 389 g/mol. The number of rotatable bonds is 9. The molecular formula is C18H27N7O3. The number of likely N-dealkylation sites (N-methyl/N-ethyl adjacent to an activating group) is 1. The molecule has 0 saturated carbocycles. The second-order valence-corrected chi connectivity index (χ2v) is 7.05. The van der Waals surface area contributed by atoms with Crippen LogP contribution in [0, 0.1) is 0 Å². The number of likely N-dealkylation sites (tertiary alicyclic amines) is 1. The number of oxazole rings is 1. The molecule has 28 heavy (non-hydrogen) atoms. The molecule has 1 fully saturated rings. The third-order valence-electron chi connectivity index (χ3n) is 5.16. The Bertz CT molecular complexity index is 774. The van der Waals surface area contributed by atoms with Crippen LogP contribution in [0.15, 0.2) is 23.3 Å². The van der Waals surface area contributed by atoms with Gasteiger partial charge in [0.05, 0.1) is 12.7 Å². The third kappa shape index (κ3) is 4.94. The predicted octanol–water partition coefficient (Wildman–Crippen LogP) is 0.575. The first-order valence-electron chi connectivity index (χ1n) is 9.60. The van der Waals surface area contributed by atoms with Gasteiger partial charge in [0.15, 0.2) is 12.2 Å². The van der Waals surface area contributed by atoms with Gasteiger partial charge in [0.25, 0.3) is 5.91 Å². The molecule has 2 aromatic heterocycles. The summed E-state index contributed by atoms with van der Waals surface area (Å²) >= 11 is 0. The van der Waals surface area contributed by atoms with E-state index in [-0.39, 0.29) is 29.7 Å². The Kier molecular flexibility index (Phi) is 6.75. The van der Waals surface area contributed by atoms with Gasteiger partial charge in [0.2, 0.25) is 11.7 Å². The zero-order valence-corrected chi connectivity index (χ0v) is 16.3. The van der Waals surface area contributed by atoms with Crippen molar-refractivity contribution in [2.24, 2.45) is 0 Å². The number of nitrogens with one attached hydrogen (secondary N) is 2. The number of aromatic nitrogens is 4. The van der Waals surface area contributed by atoms with Gasteiger partial charge >= 0.3 is 0 Å². The van der Waals surface area contributed by atoms with Crippen molar-refractivity contribution in [3.63, 3.8) is 0 Å².